The summed E-state index contributed by atoms with van der Waals surface area (Å²) < 4.78 is 2.34. The molecule has 132 valence electrons. The molecule has 0 saturated carbocycles. The lowest BCUT2D eigenvalue weighted by Gasteiger charge is -2.11. The van der Waals surface area contributed by atoms with Crippen LogP contribution in [0, 0.1) is 0 Å². The van der Waals surface area contributed by atoms with Crippen LogP contribution in [0.4, 0.5) is 5.69 Å². The Morgan fingerprint density at radius 3 is 2.73 bits per heavy atom. The zero-order chi connectivity index (χ0) is 18.5. The van der Waals surface area contributed by atoms with E-state index in [1.54, 1.807) is 18.2 Å². The maximum Gasteiger partial charge on any atom is 0.262 e. The van der Waals surface area contributed by atoms with E-state index in [4.69, 9.17) is 0 Å². The van der Waals surface area contributed by atoms with Gasteiger partial charge >= 0.3 is 0 Å². The molecule has 5 nitrogen and oxygen atoms in total. The van der Waals surface area contributed by atoms with Crippen LogP contribution < -0.4 is 10.9 Å². The van der Waals surface area contributed by atoms with Crippen LogP contribution in [0.1, 0.15) is 0 Å². The molecule has 0 spiro atoms. The molecule has 0 aliphatic carbocycles. The summed E-state index contributed by atoms with van der Waals surface area (Å²) in [5.41, 5.74) is 1.18. The number of halogens is 1. The lowest BCUT2D eigenvalue weighted by Crippen LogP contribution is -2.23. The van der Waals surface area contributed by atoms with E-state index in [1.165, 1.54) is 16.3 Å². The molecule has 1 heterocycles. The Labute approximate surface area is 163 Å². The van der Waals surface area contributed by atoms with Crippen molar-refractivity contribution >= 4 is 50.2 Å². The number of carbonyl (C=O) groups is 1. The maximum absolute atomic E-state index is 12.7. The predicted octanol–water partition coefficient (Wildman–Crippen LogP) is 4.08. The van der Waals surface area contributed by atoms with E-state index in [-0.39, 0.29) is 17.2 Å². The fourth-order valence-electron chi connectivity index (χ4n) is 2.43. The Bertz CT molecular complexity index is 1030. The second-order valence-electron chi connectivity index (χ2n) is 5.43. The summed E-state index contributed by atoms with van der Waals surface area (Å²) in [4.78, 5) is 29.5. The maximum atomic E-state index is 12.7. The minimum absolute atomic E-state index is 0.135. The molecule has 3 rings (SSSR count). The highest BCUT2D eigenvalue weighted by Gasteiger charge is 2.13. The summed E-state index contributed by atoms with van der Waals surface area (Å²) in [6, 6.07) is 14.6. The fourth-order valence-corrected chi connectivity index (χ4v) is 3.62. The summed E-state index contributed by atoms with van der Waals surface area (Å²) in [6.07, 6.45) is 1.64. The Balaban J connectivity index is 1.82. The third kappa shape index (κ3) is 4.05. The van der Waals surface area contributed by atoms with E-state index in [1.807, 2.05) is 36.4 Å². The molecule has 0 aliphatic rings. The Kier molecular flexibility index (Phi) is 5.90. The van der Waals surface area contributed by atoms with Gasteiger partial charge in [0.05, 0.1) is 22.3 Å². The Morgan fingerprint density at radius 2 is 1.96 bits per heavy atom. The van der Waals surface area contributed by atoms with Gasteiger partial charge in [-0.25, -0.2) is 4.98 Å². The summed E-state index contributed by atoms with van der Waals surface area (Å²) in [5.74, 6) is -0.0297. The molecule has 1 N–H and O–H groups in total. The van der Waals surface area contributed by atoms with Gasteiger partial charge in [-0.15, -0.1) is 6.58 Å². The van der Waals surface area contributed by atoms with E-state index in [0.717, 1.165) is 4.47 Å². The molecule has 0 bridgehead atoms. The summed E-state index contributed by atoms with van der Waals surface area (Å²) in [6.45, 7) is 4.04. The van der Waals surface area contributed by atoms with Gasteiger partial charge in [-0.1, -0.05) is 42.1 Å². The van der Waals surface area contributed by atoms with Gasteiger partial charge in [0.1, 0.15) is 0 Å². The van der Waals surface area contributed by atoms with Crippen molar-refractivity contribution in [3.8, 4) is 0 Å². The molecule has 1 amide bonds. The number of nitrogens with one attached hydrogen (secondary N) is 1. The molecule has 0 saturated heterocycles. The largest absolute Gasteiger partial charge is 0.324 e. The molecule has 7 heteroatoms. The van der Waals surface area contributed by atoms with E-state index < -0.39 is 0 Å². The van der Waals surface area contributed by atoms with Crippen LogP contribution in [-0.4, -0.2) is 21.2 Å². The second kappa shape index (κ2) is 8.33. The SMILES string of the molecule is C=CCn1c(SCC(=O)Nc2ccccc2Br)nc2ccccc2c1=O. The number of allylic oxidation sites excluding steroid dienone is 1. The highest BCUT2D eigenvalue weighted by atomic mass is 79.9. The van der Waals surface area contributed by atoms with E-state index in [9.17, 15) is 9.59 Å². The average molecular weight is 430 g/mol. The molecule has 0 atom stereocenters. The van der Waals surface area contributed by atoms with E-state index >= 15 is 0 Å². The Morgan fingerprint density at radius 1 is 1.23 bits per heavy atom. The quantitative estimate of drug-likeness (QED) is 0.364. The first kappa shape index (κ1) is 18.4. The third-order valence-electron chi connectivity index (χ3n) is 3.62. The number of hydrogen-bond donors (Lipinski definition) is 1. The molecule has 0 fully saturated rings. The zero-order valence-electron chi connectivity index (χ0n) is 13.8. The Hall–Kier alpha value is -2.38. The van der Waals surface area contributed by atoms with Crippen molar-refractivity contribution in [2.45, 2.75) is 11.7 Å². The fraction of sp³-hybridized carbons (Fsp3) is 0.105. The van der Waals surface area contributed by atoms with E-state index in [2.05, 4.69) is 32.8 Å². The summed E-state index contributed by atoms with van der Waals surface area (Å²) >= 11 is 4.63. The number of para-hydroxylation sites is 2. The number of benzene rings is 2. The van der Waals surface area contributed by atoms with Crippen molar-refractivity contribution in [1.82, 2.24) is 9.55 Å². The van der Waals surface area contributed by atoms with Crippen LogP contribution in [0.15, 0.2) is 75.6 Å². The molecule has 3 aromatic rings. The number of rotatable bonds is 6. The normalized spacial score (nSPS) is 10.7. The topological polar surface area (TPSA) is 64.0 Å². The van der Waals surface area contributed by atoms with Crippen molar-refractivity contribution in [3.05, 3.63) is 76.0 Å². The summed E-state index contributed by atoms with van der Waals surface area (Å²) in [7, 11) is 0. The predicted molar refractivity (Wildman–Crippen MR) is 110 cm³/mol. The average Bonchev–Trinajstić information content (AvgIpc) is 2.64. The highest BCUT2D eigenvalue weighted by molar-refractivity contribution is 9.10. The number of carbonyl (C=O) groups excluding carboxylic acids is 1. The first-order valence-electron chi connectivity index (χ1n) is 7.88. The molecule has 0 aliphatic heterocycles. The van der Waals surface area contributed by atoms with Gasteiger partial charge in [-0.3, -0.25) is 14.2 Å². The minimum atomic E-state index is -0.172. The van der Waals surface area contributed by atoms with Gasteiger partial charge in [0.25, 0.3) is 5.56 Å². The number of nitrogens with zero attached hydrogens (tertiary/aromatic N) is 2. The van der Waals surface area contributed by atoms with Crippen LogP contribution in [0.5, 0.6) is 0 Å². The standard InChI is InChI=1S/C19H16BrN3O2S/c1-2-11-23-18(25)13-7-3-5-9-15(13)22-19(23)26-12-17(24)21-16-10-6-4-8-14(16)20/h2-10H,1,11-12H2,(H,21,24). The number of aromatic nitrogens is 2. The van der Waals surface area contributed by atoms with Crippen molar-refractivity contribution in [2.24, 2.45) is 0 Å². The number of amides is 1. The van der Waals surface area contributed by atoms with Crippen molar-refractivity contribution < 1.29 is 4.79 Å². The van der Waals surface area contributed by atoms with Crippen LogP contribution in [0.3, 0.4) is 0 Å². The van der Waals surface area contributed by atoms with Gasteiger partial charge in [0.2, 0.25) is 5.91 Å². The van der Waals surface area contributed by atoms with Crippen molar-refractivity contribution in [3.63, 3.8) is 0 Å². The third-order valence-corrected chi connectivity index (χ3v) is 5.29. The molecule has 2 aromatic carbocycles. The minimum Gasteiger partial charge on any atom is -0.324 e. The highest BCUT2D eigenvalue weighted by Crippen LogP contribution is 2.22. The first-order valence-corrected chi connectivity index (χ1v) is 9.65. The number of fused-ring (bicyclic) bond motifs is 1. The van der Waals surface area contributed by atoms with Crippen molar-refractivity contribution in [1.29, 1.82) is 0 Å². The molecular weight excluding hydrogens is 414 g/mol. The number of anilines is 1. The van der Waals surface area contributed by atoms with Gasteiger partial charge < -0.3 is 5.32 Å². The lowest BCUT2D eigenvalue weighted by atomic mass is 10.2. The first-order chi connectivity index (χ1) is 12.6. The van der Waals surface area contributed by atoms with Crippen LogP contribution in [0.25, 0.3) is 10.9 Å². The molecule has 1 aromatic heterocycles. The van der Waals surface area contributed by atoms with Crippen LogP contribution in [-0.2, 0) is 11.3 Å². The monoisotopic (exact) mass is 429 g/mol. The molecular formula is C19H16BrN3O2S. The number of hydrogen-bond acceptors (Lipinski definition) is 4. The lowest BCUT2D eigenvalue weighted by molar-refractivity contribution is -0.113. The number of thioether (sulfide) groups is 1. The zero-order valence-corrected chi connectivity index (χ0v) is 16.2. The molecule has 0 unspecified atom stereocenters. The van der Waals surface area contributed by atoms with Crippen molar-refractivity contribution in [2.75, 3.05) is 11.1 Å². The van der Waals surface area contributed by atoms with Gasteiger partial charge in [0.15, 0.2) is 5.16 Å². The molecule has 26 heavy (non-hydrogen) atoms. The van der Waals surface area contributed by atoms with Crippen LogP contribution in [0.2, 0.25) is 0 Å². The second-order valence-corrected chi connectivity index (χ2v) is 7.23. The smallest absolute Gasteiger partial charge is 0.262 e. The van der Waals surface area contributed by atoms with Crippen LogP contribution >= 0.6 is 27.7 Å². The van der Waals surface area contributed by atoms with Gasteiger partial charge in [-0.2, -0.15) is 0 Å². The molecule has 0 radical (unpaired) electrons. The van der Waals surface area contributed by atoms with E-state index in [0.29, 0.717) is 28.3 Å². The summed E-state index contributed by atoms with van der Waals surface area (Å²) in [5, 5.41) is 3.89. The van der Waals surface area contributed by atoms with Gasteiger partial charge in [0, 0.05) is 11.0 Å². The van der Waals surface area contributed by atoms with Gasteiger partial charge in [-0.05, 0) is 40.2 Å².